The molecule has 1 saturated heterocycles. The van der Waals surface area contributed by atoms with Crippen molar-refractivity contribution in [1.82, 2.24) is 9.47 Å². The SMILES string of the molecule is COc1ccc(NC(=O)CN2C(=O)SC(=Cc3cc(C)n(-c4ccccc4)c3C)C2=O)cc1Cl. The second-order valence-corrected chi connectivity index (χ2v) is 9.06. The first-order valence-electron chi connectivity index (χ1n) is 10.4. The molecule has 34 heavy (non-hydrogen) atoms. The van der Waals surface area contributed by atoms with Crippen molar-refractivity contribution in [2.24, 2.45) is 0 Å². The summed E-state index contributed by atoms with van der Waals surface area (Å²) in [5, 5.41) is 2.49. The standard InChI is InChI=1S/C25H22ClN3O4S/c1-15-11-17(16(2)29(15)19-7-5-4-6-8-19)12-22-24(31)28(25(32)34-22)14-23(30)27-18-9-10-21(33-3)20(26)13-18/h4-13H,14H2,1-3H3,(H,27,30). The van der Waals surface area contributed by atoms with Crippen LogP contribution in [0.2, 0.25) is 5.02 Å². The number of nitrogens with zero attached hydrogens (tertiary/aromatic N) is 2. The van der Waals surface area contributed by atoms with E-state index in [1.807, 2.05) is 50.2 Å². The Kier molecular flexibility index (Phi) is 6.81. The number of carbonyl (C=O) groups is 3. The molecule has 0 aliphatic carbocycles. The van der Waals surface area contributed by atoms with Crippen LogP contribution in [0, 0.1) is 13.8 Å². The molecule has 1 aromatic heterocycles. The maximum Gasteiger partial charge on any atom is 0.294 e. The average molecular weight is 496 g/mol. The van der Waals surface area contributed by atoms with E-state index in [2.05, 4.69) is 9.88 Å². The van der Waals surface area contributed by atoms with Gasteiger partial charge in [-0.15, -0.1) is 0 Å². The van der Waals surface area contributed by atoms with Crippen molar-refractivity contribution < 1.29 is 19.1 Å². The number of carbonyl (C=O) groups excluding carboxylic acids is 3. The molecule has 2 aromatic carbocycles. The Balaban J connectivity index is 1.50. The van der Waals surface area contributed by atoms with E-state index in [9.17, 15) is 14.4 Å². The number of thioether (sulfide) groups is 1. The van der Waals surface area contributed by atoms with Gasteiger partial charge in [-0.25, -0.2) is 0 Å². The minimum atomic E-state index is -0.507. The van der Waals surface area contributed by atoms with Gasteiger partial charge in [-0.3, -0.25) is 19.3 Å². The lowest BCUT2D eigenvalue weighted by Crippen LogP contribution is -2.36. The van der Waals surface area contributed by atoms with Crippen LogP contribution >= 0.6 is 23.4 Å². The smallest absolute Gasteiger partial charge is 0.294 e. The third-order valence-electron chi connectivity index (χ3n) is 5.38. The number of methoxy groups -OCH3 is 1. The quantitative estimate of drug-likeness (QED) is 0.461. The molecular weight excluding hydrogens is 474 g/mol. The molecule has 0 atom stereocenters. The number of imide groups is 1. The van der Waals surface area contributed by atoms with E-state index in [-0.39, 0.29) is 4.91 Å². The summed E-state index contributed by atoms with van der Waals surface area (Å²) < 4.78 is 7.18. The molecule has 1 aliphatic rings. The van der Waals surface area contributed by atoms with E-state index in [4.69, 9.17) is 16.3 Å². The fourth-order valence-electron chi connectivity index (χ4n) is 3.77. The number of anilines is 1. The van der Waals surface area contributed by atoms with E-state index in [1.54, 1.807) is 18.2 Å². The van der Waals surface area contributed by atoms with Gasteiger partial charge in [-0.1, -0.05) is 29.8 Å². The fraction of sp³-hybridized carbons (Fsp3) is 0.160. The van der Waals surface area contributed by atoms with Crippen LogP contribution in [-0.2, 0) is 9.59 Å². The van der Waals surface area contributed by atoms with Gasteiger partial charge in [0.2, 0.25) is 5.91 Å². The molecule has 1 aliphatic heterocycles. The molecule has 0 bridgehead atoms. The predicted molar refractivity (Wildman–Crippen MR) is 135 cm³/mol. The fourth-order valence-corrected chi connectivity index (χ4v) is 4.86. The van der Waals surface area contributed by atoms with Crippen LogP contribution in [0.15, 0.2) is 59.5 Å². The highest BCUT2D eigenvalue weighted by Crippen LogP contribution is 2.34. The van der Waals surface area contributed by atoms with Crippen molar-refractivity contribution in [3.63, 3.8) is 0 Å². The lowest BCUT2D eigenvalue weighted by atomic mass is 10.2. The minimum Gasteiger partial charge on any atom is -0.495 e. The number of nitrogens with one attached hydrogen (secondary N) is 1. The van der Waals surface area contributed by atoms with Gasteiger partial charge in [0.05, 0.1) is 17.0 Å². The van der Waals surface area contributed by atoms with Gasteiger partial charge in [0, 0.05) is 22.8 Å². The normalized spacial score (nSPS) is 14.7. The largest absolute Gasteiger partial charge is 0.495 e. The lowest BCUT2D eigenvalue weighted by Gasteiger charge is -2.13. The minimum absolute atomic E-state index is 0.276. The number of benzene rings is 2. The summed E-state index contributed by atoms with van der Waals surface area (Å²) in [4.78, 5) is 39.1. The number of rotatable bonds is 6. The summed E-state index contributed by atoms with van der Waals surface area (Å²) in [6.45, 7) is 3.55. The third kappa shape index (κ3) is 4.73. The third-order valence-corrected chi connectivity index (χ3v) is 6.58. The number of ether oxygens (including phenoxy) is 1. The molecule has 0 radical (unpaired) electrons. The van der Waals surface area contributed by atoms with E-state index >= 15 is 0 Å². The zero-order valence-corrected chi connectivity index (χ0v) is 20.4. The first kappa shape index (κ1) is 23.7. The molecule has 1 N–H and O–H groups in total. The predicted octanol–water partition coefficient (Wildman–Crippen LogP) is 5.43. The van der Waals surface area contributed by atoms with Crippen LogP contribution < -0.4 is 10.1 Å². The van der Waals surface area contributed by atoms with Crippen molar-refractivity contribution >= 4 is 52.2 Å². The first-order chi connectivity index (χ1) is 16.3. The molecule has 174 valence electrons. The van der Waals surface area contributed by atoms with Gasteiger partial charge < -0.3 is 14.6 Å². The van der Waals surface area contributed by atoms with Gasteiger partial charge in [0.25, 0.3) is 11.1 Å². The summed E-state index contributed by atoms with van der Waals surface area (Å²) in [6, 6.07) is 16.6. The highest BCUT2D eigenvalue weighted by atomic mass is 35.5. The number of hydrogen-bond donors (Lipinski definition) is 1. The number of aryl methyl sites for hydroxylation is 1. The summed E-state index contributed by atoms with van der Waals surface area (Å²) in [5.41, 5.74) is 4.24. The molecule has 0 unspecified atom stereocenters. The topological polar surface area (TPSA) is 80.6 Å². The lowest BCUT2D eigenvalue weighted by molar-refractivity contribution is -0.127. The van der Waals surface area contributed by atoms with Crippen molar-refractivity contribution in [2.75, 3.05) is 19.0 Å². The van der Waals surface area contributed by atoms with Gasteiger partial charge in [0.15, 0.2) is 0 Å². The Morgan fingerprint density at radius 3 is 2.53 bits per heavy atom. The Morgan fingerprint density at radius 2 is 1.85 bits per heavy atom. The molecular formula is C25H22ClN3O4S. The molecule has 4 rings (SSSR count). The van der Waals surface area contributed by atoms with Gasteiger partial charge in [-0.05, 0) is 73.6 Å². The second-order valence-electron chi connectivity index (χ2n) is 7.66. The number of para-hydroxylation sites is 1. The van der Waals surface area contributed by atoms with Gasteiger partial charge >= 0.3 is 0 Å². The van der Waals surface area contributed by atoms with Gasteiger partial charge in [0.1, 0.15) is 12.3 Å². The van der Waals surface area contributed by atoms with Gasteiger partial charge in [-0.2, -0.15) is 0 Å². The molecule has 2 heterocycles. The Hall–Kier alpha value is -3.49. The number of halogens is 1. The van der Waals surface area contributed by atoms with Crippen molar-refractivity contribution in [3.05, 3.63) is 81.5 Å². The van der Waals surface area contributed by atoms with Crippen LogP contribution in [0.25, 0.3) is 11.8 Å². The zero-order valence-electron chi connectivity index (χ0n) is 18.8. The summed E-state index contributed by atoms with van der Waals surface area (Å²) in [5.74, 6) is -0.531. The summed E-state index contributed by atoms with van der Waals surface area (Å²) >= 11 is 6.91. The Morgan fingerprint density at radius 1 is 1.12 bits per heavy atom. The molecule has 1 fully saturated rings. The van der Waals surface area contributed by atoms with Crippen LogP contribution in [0.5, 0.6) is 5.75 Å². The molecule has 7 nitrogen and oxygen atoms in total. The number of hydrogen-bond acceptors (Lipinski definition) is 5. The molecule has 0 saturated carbocycles. The van der Waals surface area contributed by atoms with Crippen LogP contribution in [0.3, 0.4) is 0 Å². The Labute approximate surface area is 206 Å². The van der Waals surface area contributed by atoms with Crippen LogP contribution in [-0.4, -0.2) is 40.2 Å². The summed E-state index contributed by atoms with van der Waals surface area (Å²) in [6.07, 6.45) is 1.70. The maximum absolute atomic E-state index is 12.9. The highest BCUT2D eigenvalue weighted by molar-refractivity contribution is 8.18. The maximum atomic E-state index is 12.9. The molecule has 3 amide bonds. The highest BCUT2D eigenvalue weighted by Gasteiger charge is 2.36. The van der Waals surface area contributed by atoms with Crippen LogP contribution in [0.4, 0.5) is 10.5 Å². The molecule has 0 spiro atoms. The van der Waals surface area contributed by atoms with Crippen LogP contribution in [0.1, 0.15) is 17.0 Å². The van der Waals surface area contributed by atoms with E-state index < -0.39 is 23.6 Å². The van der Waals surface area contributed by atoms with Crippen molar-refractivity contribution in [2.45, 2.75) is 13.8 Å². The number of amides is 3. The van der Waals surface area contributed by atoms with Crippen molar-refractivity contribution in [1.29, 1.82) is 0 Å². The molecule has 3 aromatic rings. The molecule has 9 heteroatoms. The summed E-state index contributed by atoms with van der Waals surface area (Å²) in [7, 11) is 1.49. The van der Waals surface area contributed by atoms with Crippen molar-refractivity contribution in [3.8, 4) is 11.4 Å². The Bertz CT molecular complexity index is 1320. The number of aromatic nitrogens is 1. The van der Waals surface area contributed by atoms with E-state index in [0.29, 0.717) is 16.5 Å². The van der Waals surface area contributed by atoms with E-state index in [0.717, 1.165) is 39.3 Å². The van der Waals surface area contributed by atoms with E-state index in [1.165, 1.54) is 13.2 Å². The zero-order chi connectivity index (χ0) is 24.4. The first-order valence-corrected chi connectivity index (χ1v) is 11.6. The monoisotopic (exact) mass is 495 g/mol. The average Bonchev–Trinajstić information content (AvgIpc) is 3.23. The second kappa shape index (κ2) is 9.79.